The van der Waals surface area contributed by atoms with Crippen LogP contribution in [0.5, 0.6) is 0 Å². The highest BCUT2D eigenvalue weighted by atomic mass is 32.2. The van der Waals surface area contributed by atoms with Gasteiger partial charge in [0.2, 0.25) is 0 Å². The molecule has 27 heavy (non-hydrogen) atoms. The first-order chi connectivity index (χ1) is 12.6. The number of hydrogen-bond donors (Lipinski definition) is 1. The number of pyridine rings is 1. The second kappa shape index (κ2) is 7.39. The Labute approximate surface area is 156 Å². The maximum Gasteiger partial charge on any atom is 0.157 e. The molecule has 0 radical (unpaired) electrons. The molecule has 1 aromatic rings. The predicted octanol–water partition coefficient (Wildman–Crippen LogP) is 3.72. The van der Waals surface area contributed by atoms with E-state index in [1.807, 2.05) is 0 Å². The van der Waals surface area contributed by atoms with Gasteiger partial charge in [0.25, 0.3) is 0 Å². The first-order valence-electron chi connectivity index (χ1n) is 8.90. The van der Waals surface area contributed by atoms with E-state index < -0.39 is 44.6 Å². The minimum atomic E-state index is -3.59. The molecule has 4 nitrogen and oxygen atoms in total. The zero-order valence-corrected chi connectivity index (χ0v) is 15.8. The van der Waals surface area contributed by atoms with Crippen molar-refractivity contribution in [2.45, 2.75) is 49.9 Å². The van der Waals surface area contributed by atoms with Crippen LogP contribution in [-0.2, 0) is 9.84 Å². The number of sulfone groups is 1. The monoisotopic (exact) mass is 401 g/mol. The summed E-state index contributed by atoms with van der Waals surface area (Å²) in [6.07, 6.45) is 5.24. The van der Waals surface area contributed by atoms with Gasteiger partial charge in [-0.1, -0.05) is 12.2 Å². The summed E-state index contributed by atoms with van der Waals surface area (Å²) in [4.78, 5) is 3.57. The highest BCUT2D eigenvalue weighted by Crippen LogP contribution is 2.35. The molecule has 0 aliphatic heterocycles. The van der Waals surface area contributed by atoms with Gasteiger partial charge in [-0.3, -0.25) is 4.98 Å². The zero-order chi connectivity index (χ0) is 19.8. The van der Waals surface area contributed by atoms with Gasteiger partial charge >= 0.3 is 0 Å². The first-order valence-corrected chi connectivity index (χ1v) is 10.6. The average Bonchev–Trinajstić information content (AvgIpc) is 2.57. The molecule has 2 aliphatic carbocycles. The van der Waals surface area contributed by atoms with Gasteiger partial charge in [0.1, 0.15) is 17.3 Å². The molecule has 0 amide bonds. The van der Waals surface area contributed by atoms with E-state index in [0.717, 1.165) is 6.20 Å². The fourth-order valence-corrected chi connectivity index (χ4v) is 5.59. The molecule has 3 rings (SSSR count). The Hall–Kier alpha value is -1.67. The molecule has 8 heteroatoms. The van der Waals surface area contributed by atoms with Crippen molar-refractivity contribution in [1.29, 1.82) is 0 Å². The molecular formula is C19H22F3NO3S. The van der Waals surface area contributed by atoms with Gasteiger partial charge in [0, 0.05) is 18.1 Å². The Morgan fingerprint density at radius 2 is 1.93 bits per heavy atom. The SMILES string of the molecule is C[C@]1(O)CC[C@@H](CS(=O)(=O)C2C=CC(c3ncc(F)cc3F)=C(F)C2)CC1. The Kier molecular flexibility index (Phi) is 5.49. The van der Waals surface area contributed by atoms with Crippen LogP contribution in [0.15, 0.2) is 30.2 Å². The molecule has 1 unspecified atom stereocenters. The fraction of sp³-hybridized carbons (Fsp3) is 0.526. The maximum absolute atomic E-state index is 14.5. The summed E-state index contributed by atoms with van der Waals surface area (Å²) in [5, 5.41) is 8.95. The predicted molar refractivity (Wildman–Crippen MR) is 96.1 cm³/mol. The van der Waals surface area contributed by atoms with Crippen molar-refractivity contribution in [1.82, 2.24) is 4.98 Å². The molecule has 1 atom stereocenters. The van der Waals surface area contributed by atoms with E-state index in [1.165, 1.54) is 12.2 Å². The summed E-state index contributed by atoms with van der Waals surface area (Å²) in [6.45, 7) is 1.74. The molecule has 1 aromatic heterocycles. The van der Waals surface area contributed by atoms with Crippen molar-refractivity contribution >= 4 is 15.4 Å². The van der Waals surface area contributed by atoms with Gasteiger partial charge < -0.3 is 5.11 Å². The number of hydrogen-bond acceptors (Lipinski definition) is 4. The lowest BCUT2D eigenvalue weighted by Crippen LogP contribution is -2.35. The molecule has 148 valence electrons. The number of aromatic nitrogens is 1. The van der Waals surface area contributed by atoms with Crippen molar-refractivity contribution in [2.24, 2.45) is 5.92 Å². The van der Waals surface area contributed by atoms with Crippen LogP contribution in [0.25, 0.3) is 5.57 Å². The topological polar surface area (TPSA) is 67.3 Å². The molecule has 2 aliphatic rings. The third-order valence-electron chi connectivity index (χ3n) is 5.32. The normalized spacial score (nSPS) is 29.2. The molecule has 0 spiro atoms. The van der Waals surface area contributed by atoms with E-state index in [1.54, 1.807) is 6.92 Å². The summed E-state index contributed by atoms with van der Waals surface area (Å²) in [6, 6.07) is 0.608. The summed E-state index contributed by atoms with van der Waals surface area (Å²) in [5.74, 6) is -2.78. The fourth-order valence-electron chi connectivity index (χ4n) is 3.63. The van der Waals surface area contributed by atoms with Crippen molar-refractivity contribution in [3.8, 4) is 0 Å². The highest BCUT2D eigenvalue weighted by Gasteiger charge is 2.35. The third-order valence-corrected chi connectivity index (χ3v) is 7.51. The van der Waals surface area contributed by atoms with Crippen molar-refractivity contribution in [3.05, 3.63) is 47.6 Å². The molecular weight excluding hydrogens is 379 g/mol. The van der Waals surface area contributed by atoms with Crippen LogP contribution in [0.2, 0.25) is 0 Å². The number of nitrogens with zero attached hydrogens (tertiary/aromatic N) is 1. The number of aliphatic hydroxyl groups is 1. The van der Waals surface area contributed by atoms with Crippen LogP contribution in [0, 0.1) is 17.6 Å². The van der Waals surface area contributed by atoms with E-state index >= 15 is 0 Å². The summed E-state index contributed by atoms with van der Waals surface area (Å²) >= 11 is 0. The lowest BCUT2D eigenvalue weighted by molar-refractivity contribution is 0.0108. The molecule has 0 bridgehead atoms. The smallest absolute Gasteiger partial charge is 0.157 e. The Morgan fingerprint density at radius 3 is 2.52 bits per heavy atom. The highest BCUT2D eigenvalue weighted by molar-refractivity contribution is 7.92. The van der Waals surface area contributed by atoms with E-state index in [9.17, 15) is 26.7 Å². The minimum absolute atomic E-state index is 0.0618. The van der Waals surface area contributed by atoms with E-state index in [-0.39, 0.29) is 22.9 Å². The molecule has 1 N–H and O–H groups in total. The zero-order valence-electron chi connectivity index (χ0n) is 15.0. The van der Waals surface area contributed by atoms with Gasteiger partial charge in [-0.2, -0.15) is 0 Å². The summed E-state index contributed by atoms with van der Waals surface area (Å²) in [7, 11) is -3.59. The number of halogens is 3. The molecule has 1 fully saturated rings. The quantitative estimate of drug-likeness (QED) is 0.835. The van der Waals surface area contributed by atoms with Gasteiger partial charge in [0.15, 0.2) is 15.7 Å². The van der Waals surface area contributed by atoms with E-state index in [0.29, 0.717) is 31.7 Å². The first kappa shape index (κ1) is 20.1. The van der Waals surface area contributed by atoms with Crippen LogP contribution in [0.3, 0.4) is 0 Å². The standard InChI is InChI=1S/C19H22F3NO3S/c1-19(24)6-4-12(5-7-19)11-27(25,26)14-2-3-15(16(21)9-14)18-17(22)8-13(20)10-23-18/h2-3,8,10,12,14,24H,4-7,9,11H2,1H3/t12-,14?,19+. The summed E-state index contributed by atoms with van der Waals surface area (Å²) < 4.78 is 66.7. The largest absolute Gasteiger partial charge is 0.390 e. The molecule has 0 saturated heterocycles. The van der Waals surface area contributed by atoms with E-state index in [2.05, 4.69) is 4.98 Å². The molecule has 1 saturated carbocycles. The van der Waals surface area contributed by atoms with Crippen LogP contribution >= 0.6 is 0 Å². The van der Waals surface area contributed by atoms with Gasteiger partial charge in [-0.15, -0.1) is 0 Å². The maximum atomic E-state index is 14.5. The molecule has 0 aromatic carbocycles. The van der Waals surface area contributed by atoms with Crippen LogP contribution in [0.1, 0.15) is 44.7 Å². The second-order valence-electron chi connectivity index (χ2n) is 7.67. The van der Waals surface area contributed by atoms with E-state index in [4.69, 9.17) is 0 Å². The lowest BCUT2D eigenvalue weighted by atomic mass is 9.81. The molecule has 1 heterocycles. The average molecular weight is 401 g/mol. The Balaban J connectivity index is 1.71. The third kappa shape index (κ3) is 4.60. The van der Waals surface area contributed by atoms with Gasteiger partial charge in [-0.25, -0.2) is 21.6 Å². The van der Waals surface area contributed by atoms with Crippen LogP contribution < -0.4 is 0 Å². The lowest BCUT2D eigenvalue weighted by Gasteiger charge is -2.33. The number of allylic oxidation sites excluding steroid dienone is 3. The number of rotatable bonds is 4. The van der Waals surface area contributed by atoms with Crippen molar-refractivity contribution < 1.29 is 26.7 Å². The van der Waals surface area contributed by atoms with Crippen LogP contribution in [-0.4, -0.2) is 35.1 Å². The van der Waals surface area contributed by atoms with Gasteiger partial charge in [0.05, 0.1) is 22.8 Å². The Bertz CT molecular complexity index is 883. The van der Waals surface area contributed by atoms with Crippen molar-refractivity contribution in [2.75, 3.05) is 5.75 Å². The van der Waals surface area contributed by atoms with Crippen molar-refractivity contribution in [3.63, 3.8) is 0 Å². The Morgan fingerprint density at radius 1 is 1.26 bits per heavy atom. The second-order valence-corrected chi connectivity index (χ2v) is 9.94. The van der Waals surface area contributed by atoms with Gasteiger partial charge in [-0.05, 0) is 38.5 Å². The van der Waals surface area contributed by atoms with Crippen LogP contribution in [0.4, 0.5) is 13.2 Å². The minimum Gasteiger partial charge on any atom is -0.390 e. The summed E-state index contributed by atoms with van der Waals surface area (Å²) in [5.41, 5.74) is -1.25.